The van der Waals surface area contributed by atoms with E-state index in [0.717, 1.165) is 0 Å². The van der Waals surface area contributed by atoms with Crippen LogP contribution in [-0.4, -0.2) is 31.9 Å². The van der Waals surface area contributed by atoms with Crippen molar-refractivity contribution in [3.8, 4) is 5.75 Å². The minimum Gasteiger partial charge on any atom is -0.496 e. The summed E-state index contributed by atoms with van der Waals surface area (Å²) in [5.41, 5.74) is 5.95. The third-order valence-corrected chi connectivity index (χ3v) is 2.46. The second kappa shape index (κ2) is 5.79. The van der Waals surface area contributed by atoms with E-state index >= 15 is 0 Å². The van der Waals surface area contributed by atoms with Gasteiger partial charge in [-0.1, -0.05) is 0 Å². The van der Waals surface area contributed by atoms with Crippen molar-refractivity contribution in [3.63, 3.8) is 0 Å². The summed E-state index contributed by atoms with van der Waals surface area (Å²) >= 11 is 0. The number of nitrogens with one attached hydrogen (secondary N) is 1. The van der Waals surface area contributed by atoms with Crippen LogP contribution in [0.5, 0.6) is 5.75 Å². The zero-order chi connectivity index (χ0) is 12.1. The number of hydrogen-bond donors (Lipinski definition) is 3. The van der Waals surface area contributed by atoms with Crippen LogP contribution in [0.4, 0.5) is 4.39 Å². The van der Waals surface area contributed by atoms with Gasteiger partial charge in [0.25, 0.3) is 0 Å². The molecule has 0 bridgehead atoms. The Morgan fingerprint density at radius 3 is 2.75 bits per heavy atom. The highest BCUT2D eigenvalue weighted by Crippen LogP contribution is 2.27. The van der Waals surface area contributed by atoms with Crippen molar-refractivity contribution in [1.29, 1.82) is 0 Å². The Labute approximate surface area is 94.2 Å². The smallest absolute Gasteiger partial charge is 0.123 e. The van der Waals surface area contributed by atoms with E-state index in [4.69, 9.17) is 10.5 Å². The highest BCUT2D eigenvalue weighted by atomic mass is 19.1. The standard InChI is InChI=1S/C11H17FN2O2/c1-14-11(9(15)6-13)8-5-7(12)3-4-10(8)16-2/h3-5,9,11,14-15H,6,13H2,1-2H3. The third-order valence-electron chi connectivity index (χ3n) is 2.46. The number of methoxy groups -OCH3 is 1. The van der Waals surface area contributed by atoms with Crippen molar-refractivity contribution in [2.75, 3.05) is 20.7 Å². The molecular weight excluding hydrogens is 211 g/mol. The zero-order valence-corrected chi connectivity index (χ0v) is 9.40. The highest BCUT2D eigenvalue weighted by molar-refractivity contribution is 5.37. The number of hydrogen-bond acceptors (Lipinski definition) is 4. The summed E-state index contributed by atoms with van der Waals surface area (Å²) in [6.07, 6.45) is -0.791. The topological polar surface area (TPSA) is 67.5 Å². The fraction of sp³-hybridized carbons (Fsp3) is 0.455. The molecule has 0 aliphatic rings. The van der Waals surface area contributed by atoms with Crippen LogP contribution in [0.25, 0.3) is 0 Å². The SMILES string of the molecule is CNC(c1cc(F)ccc1OC)C(O)CN. The van der Waals surface area contributed by atoms with Gasteiger partial charge in [-0.25, -0.2) is 4.39 Å². The van der Waals surface area contributed by atoms with Crippen LogP contribution in [0.1, 0.15) is 11.6 Å². The molecule has 0 heterocycles. The number of rotatable bonds is 5. The average Bonchev–Trinajstić information content (AvgIpc) is 2.30. The molecule has 90 valence electrons. The van der Waals surface area contributed by atoms with Gasteiger partial charge in [0.05, 0.1) is 19.3 Å². The van der Waals surface area contributed by atoms with E-state index < -0.39 is 12.1 Å². The van der Waals surface area contributed by atoms with Crippen LogP contribution >= 0.6 is 0 Å². The average molecular weight is 228 g/mol. The van der Waals surface area contributed by atoms with Gasteiger partial charge in [-0.15, -0.1) is 0 Å². The second-order valence-corrected chi connectivity index (χ2v) is 3.46. The molecule has 1 rings (SSSR count). The van der Waals surface area contributed by atoms with Crippen LogP contribution in [0.2, 0.25) is 0 Å². The molecular formula is C11H17FN2O2. The first-order chi connectivity index (χ1) is 7.63. The number of benzene rings is 1. The Morgan fingerprint density at radius 1 is 1.56 bits per heavy atom. The first kappa shape index (κ1) is 12.9. The maximum absolute atomic E-state index is 13.2. The van der Waals surface area contributed by atoms with Gasteiger partial charge >= 0.3 is 0 Å². The molecule has 4 N–H and O–H groups in total. The van der Waals surface area contributed by atoms with Crippen LogP contribution < -0.4 is 15.8 Å². The normalized spacial score (nSPS) is 14.6. The molecule has 5 heteroatoms. The maximum Gasteiger partial charge on any atom is 0.123 e. The summed E-state index contributed by atoms with van der Waals surface area (Å²) in [5, 5.41) is 12.6. The number of ether oxygens (including phenoxy) is 1. The predicted octanol–water partition coefficient (Wildman–Crippen LogP) is 0.414. The predicted molar refractivity (Wildman–Crippen MR) is 59.8 cm³/mol. The number of aliphatic hydroxyl groups is 1. The molecule has 0 radical (unpaired) electrons. The van der Waals surface area contributed by atoms with Gasteiger partial charge in [-0.05, 0) is 25.2 Å². The van der Waals surface area contributed by atoms with Gasteiger partial charge in [0, 0.05) is 12.1 Å². The molecule has 16 heavy (non-hydrogen) atoms. The van der Waals surface area contributed by atoms with E-state index in [2.05, 4.69) is 5.32 Å². The lowest BCUT2D eigenvalue weighted by atomic mass is 10.0. The number of aliphatic hydroxyl groups excluding tert-OH is 1. The Balaban J connectivity index is 3.11. The van der Waals surface area contributed by atoms with E-state index in [1.807, 2.05) is 0 Å². The van der Waals surface area contributed by atoms with Gasteiger partial charge in [0.15, 0.2) is 0 Å². The fourth-order valence-corrected chi connectivity index (χ4v) is 1.64. The van der Waals surface area contributed by atoms with E-state index in [1.165, 1.54) is 25.3 Å². The van der Waals surface area contributed by atoms with Crippen molar-refractivity contribution in [1.82, 2.24) is 5.32 Å². The summed E-state index contributed by atoms with van der Waals surface area (Å²) in [7, 11) is 3.17. The Bertz CT molecular complexity index is 347. The minimum absolute atomic E-state index is 0.0885. The maximum atomic E-state index is 13.2. The summed E-state index contributed by atoms with van der Waals surface area (Å²) in [4.78, 5) is 0. The van der Waals surface area contributed by atoms with Crippen molar-refractivity contribution >= 4 is 0 Å². The summed E-state index contributed by atoms with van der Waals surface area (Å²) in [6, 6.07) is 3.72. The molecule has 0 saturated carbocycles. The Hall–Kier alpha value is -1.17. The first-order valence-corrected chi connectivity index (χ1v) is 5.02. The zero-order valence-electron chi connectivity index (χ0n) is 9.40. The lowest BCUT2D eigenvalue weighted by molar-refractivity contribution is 0.137. The molecule has 0 spiro atoms. The monoisotopic (exact) mass is 228 g/mol. The molecule has 0 fully saturated rings. The fourth-order valence-electron chi connectivity index (χ4n) is 1.64. The molecule has 2 atom stereocenters. The summed E-state index contributed by atoms with van der Waals surface area (Å²) in [5.74, 6) is 0.147. The molecule has 0 saturated heterocycles. The quantitative estimate of drug-likeness (QED) is 0.683. The summed E-state index contributed by atoms with van der Waals surface area (Å²) in [6.45, 7) is 0.0885. The highest BCUT2D eigenvalue weighted by Gasteiger charge is 2.22. The van der Waals surface area contributed by atoms with Crippen LogP contribution in [0.3, 0.4) is 0 Å². The minimum atomic E-state index is -0.791. The van der Waals surface area contributed by atoms with Crippen LogP contribution in [0.15, 0.2) is 18.2 Å². The lowest BCUT2D eigenvalue weighted by Gasteiger charge is -2.23. The van der Waals surface area contributed by atoms with Gasteiger partial charge in [0.2, 0.25) is 0 Å². The number of nitrogens with two attached hydrogens (primary N) is 1. The molecule has 0 amide bonds. The largest absolute Gasteiger partial charge is 0.496 e. The van der Waals surface area contributed by atoms with Crippen molar-refractivity contribution in [2.24, 2.45) is 5.73 Å². The van der Waals surface area contributed by atoms with Gasteiger partial charge in [0.1, 0.15) is 11.6 Å². The molecule has 4 nitrogen and oxygen atoms in total. The van der Waals surface area contributed by atoms with E-state index in [0.29, 0.717) is 11.3 Å². The Morgan fingerprint density at radius 2 is 2.25 bits per heavy atom. The molecule has 0 aromatic heterocycles. The van der Waals surface area contributed by atoms with E-state index in [1.54, 1.807) is 7.05 Å². The number of likely N-dealkylation sites (N-methyl/N-ethyl adjacent to an activating group) is 1. The molecule has 1 aromatic carbocycles. The van der Waals surface area contributed by atoms with E-state index in [-0.39, 0.29) is 12.4 Å². The number of halogens is 1. The van der Waals surface area contributed by atoms with Crippen molar-refractivity contribution in [3.05, 3.63) is 29.6 Å². The van der Waals surface area contributed by atoms with Crippen molar-refractivity contribution in [2.45, 2.75) is 12.1 Å². The van der Waals surface area contributed by atoms with Crippen LogP contribution in [-0.2, 0) is 0 Å². The van der Waals surface area contributed by atoms with Crippen molar-refractivity contribution < 1.29 is 14.2 Å². The lowest BCUT2D eigenvalue weighted by Crippen LogP contribution is -2.35. The summed E-state index contributed by atoms with van der Waals surface area (Å²) < 4.78 is 18.3. The molecule has 2 unspecified atom stereocenters. The van der Waals surface area contributed by atoms with Gasteiger partial charge < -0.3 is 20.9 Å². The molecule has 0 aliphatic carbocycles. The second-order valence-electron chi connectivity index (χ2n) is 3.46. The van der Waals surface area contributed by atoms with Gasteiger partial charge in [-0.3, -0.25) is 0 Å². The van der Waals surface area contributed by atoms with E-state index in [9.17, 15) is 9.50 Å². The van der Waals surface area contributed by atoms with Gasteiger partial charge in [-0.2, -0.15) is 0 Å². The first-order valence-electron chi connectivity index (χ1n) is 5.02. The van der Waals surface area contributed by atoms with Crippen LogP contribution in [0, 0.1) is 5.82 Å². The molecule has 0 aliphatic heterocycles. The third kappa shape index (κ3) is 2.69. The Kier molecular flexibility index (Phi) is 4.67. The molecule has 1 aromatic rings.